The van der Waals surface area contributed by atoms with Gasteiger partial charge in [0, 0.05) is 0 Å². The van der Waals surface area contributed by atoms with E-state index < -0.39 is 66.8 Å². The number of hydrogen-bond donors (Lipinski definition) is 7. The number of primary amides is 1. The minimum Gasteiger partial charge on any atom is -0.480 e. The third-order valence-corrected chi connectivity index (χ3v) is 4.24. The summed E-state index contributed by atoms with van der Waals surface area (Å²) in [6, 6.07) is -4.98. The van der Waals surface area contributed by atoms with Crippen LogP contribution in [0.5, 0.6) is 0 Å². The molecule has 0 bridgehead atoms. The molecule has 178 valence electrons. The monoisotopic (exact) mass is 445 g/mol. The second-order valence-corrected chi connectivity index (χ2v) is 8.24. The number of rotatable bonds is 14. The van der Waals surface area contributed by atoms with Crippen LogP contribution in [0.25, 0.3) is 0 Å². The van der Waals surface area contributed by atoms with Gasteiger partial charge in [-0.1, -0.05) is 27.7 Å². The number of aliphatic hydroxyl groups excluding tert-OH is 1. The van der Waals surface area contributed by atoms with Gasteiger partial charge in [0.05, 0.1) is 19.1 Å². The van der Waals surface area contributed by atoms with Crippen LogP contribution in [0.4, 0.5) is 0 Å². The van der Waals surface area contributed by atoms with Crippen LogP contribution >= 0.6 is 0 Å². The molecule has 0 aliphatic heterocycles. The maximum absolute atomic E-state index is 12.8. The first-order valence-corrected chi connectivity index (χ1v) is 10.1. The van der Waals surface area contributed by atoms with Crippen molar-refractivity contribution in [3.8, 4) is 0 Å². The van der Waals surface area contributed by atoms with Crippen molar-refractivity contribution in [2.24, 2.45) is 23.3 Å². The van der Waals surface area contributed by atoms with E-state index in [1.807, 2.05) is 33.0 Å². The summed E-state index contributed by atoms with van der Waals surface area (Å²) in [5, 5.41) is 24.9. The molecule has 31 heavy (non-hydrogen) atoms. The van der Waals surface area contributed by atoms with E-state index in [9.17, 15) is 24.0 Å². The maximum Gasteiger partial charge on any atom is 0.328 e. The van der Waals surface area contributed by atoms with E-state index in [0.29, 0.717) is 6.42 Å². The third kappa shape index (κ3) is 11.3. The van der Waals surface area contributed by atoms with Gasteiger partial charge in [-0.3, -0.25) is 19.2 Å². The molecule has 0 aliphatic rings. The molecule has 0 aromatic carbocycles. The lowest BCUT2D eigenvalue weighted by Gasteiger charge is -2.25. The van der Waals surface area contributed by atoms with Crippen molar-refractivity contribution in [3.05, 3.63) is 0 Å². The van der Waals surface area contributed by atoms with Gasteiger partial charge in [0.25, 0.3) is 0 Å². The van der Waals surface area contributed by atoms with E-state index in [1.54, 1.807) is 0 Å². The van der Waals surface area contributed by atoms with Gasteiger partial charge in [0.1, 0.15) is 18.1 Å². The van der Waals surface area contributed by atoms with Gasteiger partial charge >= 0.3 is 5.97 Å². The zero-order valence-corrected chi connectivity index (χ0v) is 18.4. The van der Waals surface area contributed by atoms with Gasteiger partial charge < -0.3 is 37.6 Å². The topological polar surface area (TPSA) is 214 Å². The molecule has 0 saturated heterocycles. The lowest BCUT2D eigenvalue weighted by atomic mass is 10.00. The number of carbonyl (C=O) groups excluding carboxylic acids is 4. The summed E-state index contributed by atoms with van der Waals surface area (Å²) in [5.74, 6) is -4.56. The van der Waals surface area contributed by atoms with Crippen LogP contribution in [-0.4, -0.2) is 70.6 Å². The number of aliphatic carboxylic acids is 1. The molecule has 12 nitrogen and oxygen atoms in total. The van der Waals surface area contributed by atoms with Crippen molar-refractivity contribution in [1.82, 2.24) is 16.0 Å². The van der Waals surface area contributed by atoms with Crippen LogP contribution in [0.3, 0.4) is 0 Å². The number of nitrogens with two attached hydrogens (primary N) is 2. The molecule has 0 fully saturated rings. The predicted octanol–water partition coefficient (Wildman–Crippen LogP) is -2.19. The first-order chi connectivity index (χ1) is 14.3. The van der Waals surface area contributed by atoms with E-state index in [0.717, 1.165) is 0 Å². The van der Waals surface area contributed by atoms with Gasteiger partial charge in [0.15, 0.2) is 0 Å². The summed E-state index contributed by atoms with van der Waals surface area (Å²) in [4.78, 5) is 59.9. The fourth-order valence-electron chi connectivity index (χ4n) is 2.74. The van der Waals surface area contributed by atoms with Crippen LogP contribution in [-0.2, 0) is 24.0 Å². The molecule has 0 spiro atoms. The van der Waals surface area contributed by atoms with Gasteiger partial charge in [-0.05, 0) is 24.7 Å². The quantitative estimate of drug-likeness (QED) is 0.155. The molecule has 0 radical (unpaired) electrons. The average Bonchev–Trinajstić information content (AvgIpc) is 2.62. The van der Waals surface area contributed by atoms with Gasteiger partial charge in [-0.25, -0.2) is 4.79 Å². The molecule has 0 saturated carbocycles. The van der Waals surface area contributed by atoms with Gasteiger partial charge in [-0.15, -0.1) is 0 Å². The van der Waals surface area contributed by atoms with E-state index in [2.05, 4.69) is 10.6 Å². The fraction of sp³-hybridized carbons (Fsp3) is 0.737. The minimum atomic E-state index is -1.63. The molecular weight excluding hydrogens is 410 g/mol. The lowest BCUT2D eigenvalue weighted by molar-refractivity contribution is -0.143. The van der Waals surface area contributed by atoms with Crippen LogP contribution in [0.2, 0.25) is 0 Å². The Morgan fingerprint density at radius 3 is 1.65 bits per heavy atom. The highest BCUT2D eigenvalue weighted by Gasteiger charge is 2.31. The number of hydrogen-bond acceptors (Lipinski definition) is 7. The predicted molar refractivity (Wildman–Crippen MR) is 111 cm³/mol. The van der Waals surface area contributed by atoms with E-state index in [-0.39, 0.29) is 18.3 Å². The van der Waals surface area contributed by atoms with E-state index in [1.165, 1.54) is 0 Å². The highest BCUT2D eigenvalue weighted by atomic mass is 16.4. The normalized spacial score (nSPS) is 15.0. The summed E-state index contributed by atoms with van der Waals surface area (Å²) in [6.45, 7) is 6.56. The zero-order chi connectivity index (χ0) is 24.3. The highest BCUT2D eigenvalue weighted by molar-refractivity contribution is 5.96. The number of aliphatic hydroxyl groups is 1. The second kappa shape index (κ2) is 13.5. The smallest absolute Gasteiger partial charge is 0.328 e. The fourth-order valence-corrected chi connectivity index (χ4v) is 2.74. The number of carboxylic acids is 1. The Morgan fingerprint density at radius 2 is 1.23 bits per heavy atom. The molecule has 4 atom stereocenters. The molecule has 4 amide bonds. The number of carbonyl (C=O) groups is 5. The largest absolute Gasteiger partial charge is 0.480 e. The number of nitrogens with one attached hydrogen (secondary N) is 3. The van der Waals surface area contributed by atoms with Gasteiger partial charge in [0.2, 0.25) is 23.6 Å². The molecule has 0 aliphatic carbocycles. The SMILES string of the molecule is CC(C)CC(N)C(=O)NC(CC(C)C)C(=O)NC(CC(N)=O)C(=O)NC(CO)C(=O)O. The van der Waals surface area contributed by atoms with Crippen molar-refractivity contribution < 1.29 is 34.2 Å². The summed E-state index contributed by atoms with van der Waals surface area (Å²) in [6.07, 6.45) is 0.0299. The highest BCUT2D eigenvalue weighted by Crippen LogP contribution is 2.08. The Morgan fingerprint density at radius 1 is 0.774 bits per heavy atom. The zero-order valence-electron chi connectivity index (χ0n) is 18.4. The Labute approximate surface area is 181 Å². The summed E-state index contributed by atoms with van der Waals surface area (Å²) in [5.41, 5.74) is 11.0. The van der Waals surface area contributed by atoms with Crippen molar-refractivity contribution in [3.63, 3.8) is 0 Å². The van der Waals surface area contributed by atoms with Crippen LogP contribution in [0.1, 0.15) is 47.0 Å². The van der Waals surface area contributed by atoms with Crippen molar-refractivity contribution >= 4 is 29.6 Å². The molecular formula is C19H35N5O7. The summed E-state index contributed by atoms with van der Waals surface area (Å²) >= 11 is 0. The van der Waals surface area contributed by atoms with Crippen molar-refractivity contribution in [1.29, 1.82) is 0 Å². The van der Waals surface area contributed by atoms with Crippen molar-refractivity contribution in [2.75, 3.05) is 6.61 Å². The first kappa shape index (κ1) is 28.3. The van der Waals surface area contributed by atoms with E-state index >= 15 is 0 Å². The first-order valence-electron chi connectivity index (χ1n) is 10.1. The van der Waals surface area contributed by atoms with Crippen molar-refractivity contribution in [2.45, 2.75) is 71.1 Å². The van der Waals surface area contributed by atoms with Gasteiger partial charge in [-0.2, -0.15) is 0 Å². The molecule has 4 unspecified atom stereocenters. The van der Waals surface area contributed by atoms with Crippen LogP contribution in [0, 0.1) is 11.8 Å². The number of amides is 4. The summed E-state index contributed by atoms with van der Waals surface area (Å²) in [7, 11) is 0. The lowest BCUT2D eigenvalue weighted by Crippen LogP contribution is -2.58. The second-order valence-electron chi connectivity index (χ2n) is 8.24. The molecule has 0 aromatic rings. The molecule has 12 heteroatoms. The van der Waals surface area contributed by atoms with Crippen LogP contribution in [0.15, 0.2) is 0 Å². The van der Waals surface area contributed by atoms with Crippen LogP contribution < -0.4 is 27.4 Å². The molecule has 9 N–H and O–H groups in total. The summed E-state index contributed by atoms with van der Waals surface area (Å²) < 4.78 is 0. The Balaban J connectivity index is 5.43. The Kier molecular flexibility index (Phi) is 12.4. The Hall–Kier alpha value is -2.73. The standard InChI is InChI=1S/C19H35N5O7/c1-9(2)5-11(20)16(27)22-12(6-10(3)4)17(28)23-13(7-15(21)26)18(29)24-14(8-25)19(30)31/h9-14,25H,5-8,20H2,1-4H3,(H2,21,26)(H,22,27)(H,23,28)(H,24,29)(H,30,31). The molecule has 0 aromatic heterocycles. The maximum atomic E-state index is 12.8. The Bertz CT molecular complexity index is 654. The average molecular weight is 446 g/mol. The molecule has 0 heterocycles. The minimum absolute atomic E-state index is 0.00781. The van der Waals surface area contributed by atoms with E-state index in [4.69, 9.17) is 21.7 Å². The third-order valence-electron chi connectivity index (χ3n) is 4.24. The number of carboxylic acid groups (broad SMARTS) is 1. The molecule has 0 rings (SSSR count).